The zero-order chi connectivity index (χ0) is 20.3. The number of aliphatic hydroxyl groups excluding tert-OH is 1. The summed E-state index contributed by atoms with van der Waals surface area (Å²) >= 11 is 1.47. The molecule has 1 aromatic heterocycles. The number of aromatic nitrogens is 3. The summed E-state index contributed by atoms with van der Waals surface area (Å²) in [4.78, 5) is 0. The average Bonchev–Trinajstić information content (AvgIpc) is 3.45. The normalized spacial score (nSPS) is 13.4. The fourth-order valence-corrected chi connectivity index (χ4v) is 4.24. The number of hydrogen-bond acceptors (Lipinski definition) is 6. The van der Waals surface area contributed by atoms with Crippen LogP contribution in [0.5, 0.6) is 11.5 Å². The number of rotatable bonds is 6. The summed E-state index contributed by atoms with van der Waals surface area (Å²) in [7, 11) is 0. The van der Waals surface area contributed by atoms with Crippen LogP contribution in [-0.4, -0.2) is 32.4 Å². The average molecular weight is 417 g/mol. The zero-order valence-electron chi connectivity index (χ0n) is 16.0. The molecule has 1 N–H and O–H groups in total. The van der Waals surface area contributed by atoms with E-state index in [-0.39, 0.29) is 6.79 Å². The summed E-state index contributed by atoms with van der Waals surface area (Å²) in [5, 5.41) is 20.2. The Kier molecular flexibility index (Phi) is 5.13. The maximum absolute atomic E-state index is 10.6. The maximum Gasteiger partial charge on any atom is 0.231 e. The summed E-state index contributed by atoms with van der Waals surface area (Å²) < 4.78 is 12.9. The minimum atomic E-state index is -0.592. The number of thioether (sulfide) groups is 1. The Labute approximate surface area is 178 Å². The fraction of sp³-hybridized carbons (Fsp3) is 0.130. The number of para-hydroxylation sites is 1. The standard InChI is InChI=1S/C23H19N3O3S/c27-19(16-7-3-1-4-8-16)14-30-23-25-24-22(26(23)18-9-5-2-6-10-18)17-11-12-20-21(13-17)29-15-28-20/h1-13,19,27H,14-15H2/t19-/m0/s1. The Hall–Kier alpha value is -3.29. The highest BCUT2D eigenvalue weighted by Gasteiger charge is 2.20. The molecule has 1 aliphatic rings. The molecule has 0 spiro atoms. The quantitative estimate of drug-likeness (QED) is 0.466. The van der Waals surface area contributed by atoms with Crippen molar-refractivity contribution in [2.75, 3.05) is 12.5 Å². The van der Waals surface area contributed by atoms with Gasteiger partial charge in [-0.2, -0.15) is 0 Å². The molecule has 0 radical (unpaired) electrons. The van der Waals surface area contributed by atoms with Crippen LogP contribution >= 0.6 is 11.8 Å². The molecule has 4 aromatic rings. The lowest BCUT2D eigenvalue weighted by molar-refractivity contribution is 0.174. The summed E-state index contributed by atoms with van der Waals surface area (Å²) in [6.07, 6.45) is -0.592. The van der Waals surface area contributed by atoms with Gasteiger partial charge in [-0.15, -0.1) is 10.2 Å². The van der Waals surface area contributed by atoms with E-state index in [4.69, 9.17) is 9.47 Å². The first-order valence-corrected chi connectivity index (χ1v) is 10.5. The monoisotopic (exact) mass is 417 g/mol. The van der Waals surface area contributed by atoms with Gasteiger partial charge in [0.15, 0.2) is 22.5 Å². The van der Waals surface area contributed by atoms with Gasteiger partial charge >= 0.3 is 0 Å². The Balaban J connectivity index is 1.49. The van der Waals surface area contributed by atoms with E-state index in [0.717, 1.165) is 22.6 Å². The third-order valence-corrected chi connectivity index (χ3v) is 5.84. The van der Waals surface area contributed by atoms with Gasteiger partial charge in [0.1, 0.15) is 0 Å². The topological polar surface area (TPSA) is 69.4 Å². The largest absolute Gasteiger partial charge is 0.454 e. The third kappa shape index (κ3) is 3.65. The highest BCUT2D eigenvalue weighted by Crippen LogP contribution is 2.37. The molecule has 1 aliphatic heterocycles. The molecule has 0 bridgehead atoms. The Morgan fingerprint density at radius 3 is 2.43 bits per heavy atom. The molecule has 0 aliphatic carbocycles. The molecule has 0 unspecified atom stereocenters. The van der Waals surface area contributed by atoms with Crippen molar-refractivity contribution < 1.29 is 14.6 Å². The van der Waals surface area contributed by atoms with Crippen LogP contribution in [-0.2, 0) is 0 Å². The molecule has 30 heavy (non-hydrogen) atoms. The van der Waals surface area contributed by atoms with Gasteiger partial charge < -0.3 is 14.6 Å². The van der Waals surface area contributed by atoms with Crippen molar-refractivity contribution >= 4 is 11.8 Å². The summed E-state index contributed by atoms with van der Waals surface area (Å²) in [6, 6.07) is 25.3. The van der Waals surface area contributed by atoms with Crippen molar-refractivity contribution in [2.45, 2.75) is 11.3 Å². The van der Waals surface area contributed by atoms with Crippen LogP contribution in [0.2, 0.25) is 0 Å². The molecule has 6 nitrogen and oxygen atoms in total. The van der Waals surface area contributed by atoms with E-state index >= 15 is 0 Å². The molecule has 7 heteroatoms. The molecule has 1 atom stereocenters. The van der Waals surface area contributed by atoms with E-state index in [1.54, 1.807) is 0 Å². The second-order valence-electron chi connectivity index (χ2n) is 6.78. The van der Waals surface area contributed by atoms with Crippen LogP contribution in [0.4, 0.5) is 0 Å². The van der Waals surface area contributed by atoms with Crippen LogP contribution in [0.1, 0.15) is 11.7 Å². The first-order valence-electron chi connectivity index (χ1n) is 9.56. The summed E-state index contributed by atoms with van der Waals surface area (Å²) in [5.41, 5.74) is 2.71. The van der Waals surface area contributed by atoms with E-state index in [1.807, 2.05) is 83.4 Å². The van der Waals surface area contributed by atoms with Crippen molar-refractivity contribution in [3.63, 3.8) is 0 Å². The molecule has 2 heterocycles. The molecule has 0 fully saturated rings. The predicted octanol–water partition coefficient (Wildman–Crippen LogP) is 4.49. The van der Waals surface area contributed by atoms with Gasteiger partial charge in [-0.3, -0.25) is 4.57 Å². The van der Waals surface area contributed by atoms with Crippen molar-refractivity contribution in [3.05, 3.63) is 84.4 Å². The van der Waals surface area contributed by atoms with E-state index in [0.29, 0.717) is 22.5 Å². The minimum Gasteiger partial charge on any atom is -0.454 e. The molecule has 0 amide bonds. The molecular weight excluding hydrogens is 398 g/mol. The van der Waals surface area contributed by atoms with Gasteiger partial charge in [0.2, 0.25) is 6.79 Å². The number of ether oxygens (including phenoxy) is 2. The highest BCUT2D eigenvalue weighted by molar-refractivity contribution is 7.99. The number of benzene rings is 3. The second-order valence-corrected chi connectivity index (χ2v) is 7.77. The lowest BCUT2D eigenvalue weighted by Gasteiger charge is -2.13. The summed E-state index contributed by atoms with van der Waals surface area (Å²) in [5.74, 6) is 2.60. The fourth-order valence-electron chi connectivity index (χ4n) is 3.32. The number of fused-ring (bicyclic) bond motifs is 1. The van der Waals surface area contributed by atoms with E-state index < -0.39 is 6.10 Å². The summed E-state index contributed by atoms with van der Waals surface area (Å²) in [6.45, 7) is 0.225. The zero-order valence-corrected chi connectivity index (χ0v) is 16.8. The number of aliphatic hydroxyl groups is 1. The van der Waals surface area contributed by atoms with Gasteiger partial charge in [-0.1, -0.05) is 60.3 Å². The van der Waals surface area contributed by atoms with Crippen molar-refractivity contribution in [3.8, 4) is 28.6 Å². The van der Waals surface area contributed by atoms with Crippen LogP contribution in [0.25, 0.3) is 17.1 Å². The van der Waals surface area contributed by atoms with E-state index in [9.17, 15) is 5.11 Å². The van der Waals surface area contributed by atoms with Crippen molar-refractivity contribution in [1.29, 1.82) is 0 Å². The number of nitrogens with zero attached hydrogens (tertiary/aromatic N) is 3. The second kappa shape index (κ2) is 8.22. The SMILES string of the molecule is O[C@@H](CSc1nnc(-c2ccc3c(c2)OCO3)n1-c1ccccc1)c1ccccc1. The number of hydrogen-bond donors (Lipinski definition) is 1. The molecule has 5 rings (SSSR count). The van der Waals surface area contributed by atoms with Gasteiger partial charge in [-0.25, -0.2) is 0 Å². The minimum absolute atomic E-state index is 0.225. The lowest BCUT2D eigenvalue weighted by Crippen LogP contribution is -2.03. The highest BCUT2D eigenvalue weighted by atomic mass is 32.2. The predicted molar refractivity (Wildman–Crippen MR) is 115 cm³/mol. The Morgan fingerprint density at radius 1 is 0.900 bits per heavy atom. The Morgan fingerprint density at radius 2 is 1.63 bits per heavy atom. The molecule has 150 valence electrons. The van der Waals surface area contributed by atoms with E-state index in [1.165, 1.54) is 11.8 Å². The van der Waals surface area contributed by atoms with Crippen LogP contribution in [0, 0.1) is 0 Å². The maximum atomic E-state index is 10.6. The Bertz CT molecular complexity index is 1150. The third-order valence-electron chi connectivity index (χ3n) is 4.83. The first kappa shape index (κ1) is 18.7. The van der Waals surface area contributed by atoms with Crippen LogP contribution < -0.4 is 9.47 Å². The smallest absolute Gasteiger partial charge is 0.231 e. The molecule has 0 saturated heterocycles. The van der Waals surface area contributed by atoms with Gasteiger partial charge in [-0.05, 0) is 35.9 Å². The van der Waals surface area contributed by atoms with Crippen LogP contribution in [0.15, 0.2) is 84.0 Å². The molecule has 3 aromatic carbocycles. The lowest BCUT2D eigenvalue weighted by atomic mass is 10.1. The van der Waals surface area contributed by atoms with Gasteiger partial charge in [0.05, 0.1) is 6.10 Å². The van der Waals surface area contributed by atoms with Gasteiger partial charge in [0.25, 0.3) is 0 Å². The molecule has 0 saturated carbocycles. The molecular formula is C23H19N3O3S. The van der Waals surface area contributed by atoms with Gasteiger partial charge in [0, 0.05) is 17.0 Å². The van der Waals surface area contributed by atoms with Crippen LogP contribution in [0.3, 0.4) is 0 Å². The van der Waals surface area contributed by atoms with Crippen molar-refractivity contribution in [1.82, 2.24) is 14.8 Å². The first-order chi connectivity index (χ1) is 14.8. The van der Waals surface area contributed by atoms with E-state index in [2.05, 4.69) is 10.2 Å². The van der Waals surface area contributed by atoms with Crippen molar-refractivity contribution in [2.24, 2.45) is 0 Å².